The van der Waals surface area contributed by atoms with Crippen LogP contribution in [0, 0.1) is 5.82 Å². The van der Waals surface area contributed by atoms with E-state index < -0.39 is 0 Å². The number of thiocarbonyl (C=S) groups is 1. The summed E-state index contributed by atoms with van der Waals surface area (Å²) in [6, 6.07) is 4.10. The molecule has 0 aliphatic heterocycles. The first kappa shape index (κ1) is 16.6. The van der Waals surface area contributed by atoms with Gasteiger partial charge in [-0.25, -0.2) is 4.39 Å². The third-order valence-corrected chi connectivity index (χ3v) is 5.07. The largest absolute Gasteiger partial charge is 0.389 e. The van der Waals surface area contributed by atoms with Crippen molar-refractivity contribution in [3.8, 4) is 0 Å². The van der Waals surface area contributed by atoms with Crippen molar-refractivity contribution in [3.63, 3.8) is 0 Å². The molecule has 1 aromatic carbocycles. The van der Waals surface area contributed by atoms with Gasteiger partial charge in [-0.05, 0) is 48.0 Å². The van der Waals surface area contributed by atoms with Crippen LogP contribution in [0.3, 0.4) is 0 Å². The lowest BCUT2D eigenvalue weighted by Crippen LogP contribution is -2.33. The van der Waals surface area contributed by atoms with Gasteiger partial charge in [-0.3, -0.25) is 0 Å². The molecular formula is C15H21BrFN3S. The van der Waals surface area contributed by atoms with Crippen LogP contribution in [0.15, 0.2) is 16.6 Å². The van der Waals surface area contributed by atoms with E-state index in [1.807, 2.05) is 0 Å². The molecule has 3 nitrogen and oxygen atoms in total. The van der Waals surface area contributed by atoms with Gasteiger partial charge in [0.1, 0.15) is 4.99 Å². The van der Waals surface area contributed by atoms with Gasteiger partial charge in [0.05, 0.1) is 10.2 Å². The van der Waals surface area contributed by atoms with E-state index in [4.69, 9.17) is 18.0 Å². The van der Waals surface area contributed by atoms with Crippen molar-refractivity contribution in [3.05, 3.63) is 28.0 Å². The fourth-order valence-corrected chi connectivity index (χ4v) is 3.63. The highest BCUT2D eigenvalue weighted by atomic mass is 79.9. The average molecular weight is 374 g/mol. The lowest BCUT2D eigenvalue weighted by molar-refractivity contribution is 0.254. The van der Waals surface area contributed by atoms with E-state index in [1.165, 1.54) is 25.7 Å². The van der Waals surface area contributed by atoms with Crippen molar-refractivity contribution in [1.29, 1.82) is 0 Å². The van der Waals surface area contributed by atoms with Crippen molar-refractivity contribution in [2.45, 2.75) is 31.7 Å². The molecule has 2 rings (SSSR count). The number of rotatable bonds is 6. The molecule has 0 saturated heterocycles. The molecule has 0 bridgehead atoms. The zero-order chi connectivity index (χ0) is 15.4. The summed E-state index contributed by atoms with van der Waals surface area (Å²) in [4.78, 5) is 2.55. The number of halogens is 2. The number of nitrogens with zero attached hydrogens (tertiary/aromatic N) is 1. The predicted octanol–water partition coefficient (Wildman–Crippen LogP) is 3.51. The van der Waals surface area contributed by atoms with Crippen molar-refractivity contribution in [2.75, 3.05) is 25.5 Å². The van der Waals surface area contributed by atoms with Crippen LogP contribution in [0.25, 0.3) is 0 Å². The van der Waals surface area contributed by atoms with Crippen LogP contribution in [-0.2, 0) is 0 Å². The van der Waals surface area contributed by atoms with E-state index in [1.54, 1.807) is 12.1 Å². The van der Waals surface area contributed by atoms with Gasteiger partial charge in [0.2, 0.25) is 0 Å². The van der Waals surface area contributed by atoms with Gasteiger partial charge in [-0.2, -0.15) is 0 Å². The van der Waals surface area contributed by atoms with Gasteiger partial charge in [0.15, 0.2) is 5.82 Å². The minimum absolute atomic E-state index is 0.188. The van der Waals surface area contributed by atoms with Gasteiger partial charge < -0.3 is 16.0 Å². The molecule has 0 heterocycles. The summed E-state index contributed by atoms with van der Waals surface area (Å²) in [6.45, 7) is 1.61. The van der Waals surface area contributed by atoms with Crippen LogP contribution in [0.5, 0.6) is 0 Å². The number of hydrogen-bond donors (Lipinski definition) is 2. The van der Waals surface area contributed by atoms with Crippen LogP contribution >= 0.6 is 28.1 Å². The van der Waals surface area contributed by atoms with Crippen LogP contribution < -0.4 is 11.1 Å². The number of likely N-dealkylation sites (N-methyl/N-ethyl adjacent to an activating group) is 1. The van der Waals surface area contributed by atoms with E-state index in [2.05, 4.69) is 33.2 Å². The highest BCUT2D eigenvalue weighted by Gasteiger charge is 2.19. The van der Waals surface area contributed by atoms with E-state index in [9.17, 15) is 4.39 Å². The second kappa shape index (κ2) is 7.51. The van der Waals surface area contributed by atoms with Gasteiger partial charge in [0, 0.05) is 24.7 Å². The molecule has 1 aliphatic rings. The summed E-state index contributed by atoms with van der Waals surface area (Å²) in [5, 5.41) is 3.14. The zero-order valence-electron chi connectivity index (χ0n) is 12.2. The molecule has 0 unspecified atom stereocenters. The van der Waals surface area contributed by atoms with E-state index >= 15 is 0 Å². The summed E-state index contributed by atoms with van der Waals surface area (Å²) in [6.07, 6.45) is 5.20. The molecule has 0 aromatic heterocycles. The standard InChI is InChI=1S/C15H21BrFN3S/c1-20(10-4-2-3-5-10)9-8-19-12-7-6-11(15(18)21)13(16)14(12)17/h6-7,10,19H,2-5,8-9H2,1H3,(H2,18,21). The number of benzene rings is 1. The van der Waals surface area contributed by atoms with Crippen molar-refractivity contribution in [2.24, 2.45) is 5.73 Å². The topological polar surface area (TPSA) is 41.3 Å². The first-order chi connectivity index (χ1) is 10.0. The number of hydrogen-bond acceptors (Lipinski definition) is 3. The second-order valence-corrected chi connectivity index (χ2v) is 6.73. The predicted molar refractivity (Wildman–Crippen MR) is 93.4 cm³/mol. The van der Waals surface area contributed by atoms with Gasteiger partial charge >= 0.3 is 0 Å². The lowest BCUT2D eigenvalue weighted by atomic mass is 10.2. The molecule has 0 atom stereocenters. The quantitative estimate of drug-likeness (QED) is 0.748. The molecule has 1 saturated carbocycles. The van der Waals surface area contributed by atoms with Crippen LogP contribution in [0.2, 0.25) is 0 Å². The van der Waals surface area contributed by atoms with Gasteiger partial charge in [-0.1, -0.05) is 25.1 Å². The molecule has 0 radical (unpaired) electrons. The number of nitrogens with one attached hydrogen (secondary N) is 1. The van der Waals surface area contributed by atoms with Crippen LogP contribution in [-0.4, -0.2) is 36.1 Å². The third-order valence-electron chi connectivity index (χ3n) is 4.08. The van der Waals surface area contributed by atoms with Crippen molar-refractivity contribution in [1.82, 2.24) is 4.90 Å². The zero-order valence-corrected chi connectivity index (χ0v) is 14.6. The average Bonchev–Trinajstić information content (AvgIpc) is 2.97. The Labute approximate surface area is 139 Å². The van der Waals surface area contributed by atoms with Crippen LogP contribution in [0.1, 0.15) is 31.2 Å². The highest BCUT2D eigenvalue weighted by molar-refractivity contribution is 9.10. The minimum atomic E-state index is -0.344. The Bertz CT molecular complexity index is 518. The van der Waals surface area contributed by atoms with Crippen LogP contribution in [0.4, 0.5) is 10.1 Å². The number of nitrogens with two attached hydrogens (primary N) is 1. The van der Waals surface area contributed by atoms with Crippen molar-refractivity contribution >= 4 is 38.8 Å². The molecule has 1 aliphatic carbocycles. The molecule has 116 valence electrons. The van der Waals surface area contributed by atoms with Gasteiger partial charge in [0.25, 0.3) is 0 Å². The van der Waals surface area contributed by atoms with E-state index in [-0.39, 0.29) is 10.8 Å². The number of anilines is 1. The monoisotopic (exact) mass is 373 g/mol. The summed E-state index contributed by atoms with van der Waals surface area (Å²) in [5.41, 5.74) is 6.55. The summed E-state index contributed by atoms with van der Waals surface area (Å²) < 4.78 is 14.5. The highest BCUT2D eigenvalue weighted by Crippen LogP contribution is 2.27. The molecule has 1 aromatic rings. The normalized spacial score (nSPS) is 15.6. The molecule has 0 spiro atoms. The Morgan fingerprint density at radius 1 is 1.48 bits per heavy atom. The Kier molecular flexibility index (Phi) is 5.96. The van der Waals surface area contributed by atoms with E-state index in [0.717, 1.165) is 6.54 Å². The second-order valence-electron chi connectivity index (χ2n) is 5.50. The van der Waals surface area contributed by atoms with E-state index in [0.29, 0.717) is 28.3 Å². The summed E-state index contributed by atoms with van der Waals surface area (Å²) in [7, 11) is 2.14. The fourth-order valence-electron chi connectivity index (χ4n) is 2.77. The minimum Gasteiger partial charge on any atom is -0.389 e. The molecule has 6 heteroatoms. The maximum Gasteiger partial charge on any atom is 0.161 e. The van der Waals surface area contributed by atoms with Gasteiger partial charge in [-0.15, -0.1) is 0 Å². The summed E-state index contributed by atoms with van der Waals surface area (Å²) in [5.74, 6) is -0.344. The SMILES string of the molecule is CN(CCNc1ccc(C(N)=S)c(Br)c1F)C1CCCC1. The lowest BCUT2D eigenvalue weighted by Gasteiger charge is -2.24. The molecule has 1 fully saturated rings. The molecular weight excluding hydrogens is 353 g/mol. The Morgan fingerprint density at radius 3 is 2.76 bits per heavy atom. The Morgan fingerprint density at radius 2 is 2.14 bits per heavy atom. The molecule has 3 N–H and O–H groups in total. The third kappa shape index (κ3) is 4.14. The summed E-state index contributed by atoms with van der Waals surface area (Å²) >= 11 is 8.10. The van der Waals surface area contributed by atoms with Crippen molar-refractivity contribution < 1.29 is 4.39 Å². The maximum absolute atomic E-state index is 14.2. The fraction of sp³-hybridized carbons (Fsp3) is 0.533. The first-order valence-electron chi connectivity index (χ1n) is 7.22. The Balaban J connectivity index is 1.91. The molecule has 0 amide bonds. The first-order valence-corrected chi connectivity index (χ1v) is 8.42. The smallest absolute Gasteiger partial charge is 0.161 e. The maximum atomic E-state index is 14.2. The Hall–Kier alpha value is -0.720. The molecule has 21 heavy (non-hydrogen) atoms.